The lowest BCUT2D eigenvalue weighted by atomic mass is 9.98. The summed E-state index contributed by atoms with van der Waals surface area (Å²) >= 11 is 0. The molecule has 0 N–H and O–H groups in total. The molecule has 0 radical (unpaired) electrons. The molecule has 0 aromatic rings. The molecule has 2 rings (SSSR count). The Labute approximate surface area is 134 Å². The zero-order valence-electron chi connectivity index (χ0n) is 14.2. The minimum Gasteiger partial charge on any atom is -0.340 e. The molecule has 128 valence electrons. The minimum atomic E-state index is -3.20. The van der Waals surface area contributed by atoms with Crippen molar-refractivity contribution >= 4 is 15.9 Å². The third-order valence-electron chi connectivity index (χ3n) is 5.11. The number of likely N-dealkylation sites (N-methyl/N-ethyl adjacent to an activating group) is 1. The van der Waals surface area contributed by atoms with Crippen molar-refractivity contribution in [3.05, 3.63) is 0 Å². The average Bonchev–Trinajstić information content (AvgIpc) is 2.90. The van der Waals surface area contributed by atoms with E-state index in [-0.39, 0.29) is 11.8 Å². The number of carbonyl (C=O) groups is 1. The van der Waals surface area contributed by atoms with Gasteiger partial charge in [0.25, 0.3) is 0 Å². The molecule has 0 saturated carbocycles. The van der Waals surface area contributed by atoms with Crippen LogP contribution in [0.1, 0.15) is 26.2 Å². The zero-order chi connectivity index (χ0) is 16.5. The maximum atomic E-state index is 12.8. The van der Waals surface area contributed by atoms with Crippen LogP contribution in [-0.2, 0) is 14.8 Å². The Morgan fingerprint density at radius 1 is 1.23 bits per heavy atom. The Balaban J connectivity index is 2.03. The number of likely N-dealkylation sites (tertiary alicyclic amines) is 1. The van der Waals surface area contributed by atoms with E-state index in [2.05, 4.69) is 25.9 Å². The summed E-state index contributed by atoms with van der Waals surface area (Å²) in [4.78, 5) is 16.9. The van der Waals surface area contributed by atoms with E-state index in [1.54, 1.807) is 0 Å². The van der Waals surface area contributed by atoms with Crippen molar-refractivity contribution in [2.24, 2.45) is 11.8 Å². The van der Waals surface area contributed by atoms with Crippen LogP contribution in [0.2, 0.25) is 0 Å². The van der Waals surface area contributed by atoms with Crippen LogP contribution in [-0.4, -0.2) is 81.0 Å². The van der Waals surface area contributed by atoms with Crippen LogP contribution in [0.15, 0.2) is 0 Å². The van der Waals surface area contributed by atoms with Gasteiger partial charge < -0.3 is 9.80 Å². The second kappa shape index (κ2) is 6.84. The first-order valence-electron chi connectivity index (χ1n) is 8.14. The SMILES string of the molecule is CC[C@@H]1CN(C(=O)[C@@H]2CCCN(S(C)(=O)=O)C2)C[C@@H]1N(C)C. The predicted octanol–water partition coefficient (Wildman–Crippen LogP) is 0.457. The van der Waals surface area contributed by atoms with E-state index >= 15 is 0 Å². The fraction of sp³-hybridized carbons (Fsp3) is 0.933. The third kappa shape index (κ3) is 3.81. The lowest BCUT2D eigenvalue weighted by molar-refractivity contribution is -0.135. The molecule has 2 aliphatic heterocycles. The average molecular weight is 331 g/mol. The summed E-state index contributed by atoms with van der Waals surface area (Å²) in [6.45, 7) is 4.62. The van der Waals surface area contributed by atoms with Gasteiger partial charge in [-0.15, -0.1) is 0 Å². The molecule has 2 heterocycles. The van der Waals surface area contributed by atoms with E-state index in [0.29, 0.717) is 25.0 Å². The van der Waals surface area contributed by atoms with E-state index in [1.165, 1.54) is 10.6 Å². The van der Waals surface area contributed by atoms with Crippen LogP contribution >= 0.6 is 0 Å². The molecule has 7 heteroatoms. The molecule has 0 aromatic heterocycles. The van der Waals surface area contributed by atoms with Crippen molar-refractivity contribution in [2.75, 3.05) is 46.5 Å². The van der Waals surface area contributed by atoms with Gasteiger partial charge in [0, 0.05) is 32.2 Å². The first kappa shape index (κ1) is 17.7. The summed E-state index contributed by atoms with van der Waals surface area (Å²) in [6, 6.07) is 0.406. The van der Waals surface area contributed by atoms with Gasteiger partial charge in [-0.3, -0.25) is 4.79 Å². The number of rotatable bonds is 4. The highest BCUT2D eigenvalue weighted by molar-refractivity contribution is 7.88. The molecule has 0 spiro atoms. The van der Waals surface area contributed by atoms with Gasteiger partial charge in [-0.25, -0.2) is 12.7 Å². The van der Waals surface area contributed by atoms with Gasteiger partial charge in [0.15, 0.2) is 0 Å². The van der Waals surface area contributed by atoms with Gasteiger partial charge in [0.2, 0.25) is 15.9 Å². The molecule has 22 heavy (non-hydrogen) atoms. The summed E-state index contributed by atoms with van der Waals surface area (Å²) in [5.74, 6) is 0.464. The summed E-state index contributed by atoms with van der Waals surface area (Å²) in [5.41, 5.74) is 0. The summed E-state index contributed by atoms with van der Waals surface area (Å²) < 4.78 is 24.9. The first-order chi connectivity index (χ1) is 10.2. The van der Waals surface area contributed by atoms with Crippen molar-refractivity contribution in [3.63, 3.8) is 0 Å². The normalized spacial score (nSPS) is 31.0. The Morgan fingerprint density at radius 2 is 1.91 bits per heavy atom. The second-order valence-electron chi connectivity index (χ2n) is 6.90. The number of nitrogens with zero attached hydrogens (tertiary/aromatic N) is 3. The van der Waals surface area contributed by atoms with Crippen LogP contribution in [0.3, 0.4) is 0 Å². The number of hydrogen-bond donors (Lipinski definition) is 0. The maximum absolute atomic E-state index is 12.8. The van der Waals surface area contributed by atoms with Crippen LogP contribution in [0.4, 0.5) is 0 Å². The summed E-state index contributed by atoms with van der Waals surface area (Å²) in [7, 11) is 0.924. The van der Waals surface area contributed by atoms with Gasteiger partial charge in [-0.05, 0) is 32.9 Å². The zero-order valence-corrected chi connectivity index (χ0v) is 15.0. The van der Waals surface area contributed by atoms with Gasteiger partial charge >= 0.3 is 0 Å². The van der Waals surface area contributed by atoms with E-state index in [0.717, 1.165) is 32.4 Å². The van der Waals surface area contributed by atoms with E-state index < -0.39 is 10.0 Å². The number of piperidine rings is 1. The molecule has 2 saturated heterocycles. The second-order valence-corrected chi connectivity index (χ2v) is 8.89. The lowest BCUT2D eigenvalue weighted by Crippen LogP contribution is -2.46. The predicted molar refractivity (Wildman–Crippen MR) is 87.0 cm³/mol. The summed E-state index contributed by atoms with van der Waals surface area (Å²) in [5, 5.41) is 0. The van der Waals surface area contributed by atoms with E-state index in [1.807, 2.05) is 4.90 Å². The molecule has 0 unspecified atom stereocenters. The molecule has 0 bridgehead atoms. The standard InChI is InChI=1S/C15H29N3O3S/c1-5-12-9-17(11-14(12)16(2)3)15(19)13-7-6-8-18(10-13)22(4,20)21/h12-14H,5-11H2,1-4H3/t12-,13-,14+/m1/s1. The Kier molecular flexibility index (Phi) is 5.50. The van der Waals surface area contributed by atoms with Crippen LogP contribution < -0.4 is 0 Å². The molecular formula is C15H29N3O3S. The molecule has 2 fully saturated rings. The van der Waals surface area contributed by atoms with E-state index in [4.69, 9.17) is 0 Å². The van der Waals surface area contributed by atoms with Gasteiger partial charge in [-0.1, -0.05) is 13.3 Å². The minimum absolute atomic E-state index is 0.135. The fourth-order valence-electron chi connectivity index (χ4n) is 3.72. The van der Waals surface area contributed by atoms with E-state index in [9.17, 15) is 13.2 Å². The summed E-state index contributed by atoms with van der Waals surface area (Å²) in [6.07, 6.45) is 3.86. The van der Waals surface area contributed by atoms with Gasteiger partial charge in [-0.2, -0.15) is 0 Å². The van der Waals surface area contributed by atoms with Crippen LogP contribution in [0.25, 0.3) is 0 Å². The largest absolute Gasteiger partial charge is 0.340 e. The molecular weight excluding hydrogens is 302 g/mol. The highest BCUT2D eigenvalue weighted by Gasteiger charge is 2.39. The Bertz CT molecular complexity index is 506. The number of hydrogen-bond acceptors (Lipinski definition) is 4. The third-order valence-corrected chi connectivity index (χ3v) is 6.38. The number of amides is 1. The van der Waals surface area contributed by atoms with Crippen molar-refractivity contribution in [3.8, 4) is 0 Å². The molecule has 0 aliphatic carbocycles. The molecule has 3 atom stereocenters. The van der Waals surface area contributed by atoms with Crippen molar-refractivity contribution in [1.29, 1.82) is 0 Å². The molecule has 1 amide bonds. The van der Waals surface area contributed by atoms with Crippen LogP contribution in [0, 0.1) is 11.8 Å². The number of carbonyl (C=O) groups excluding carboxylic acids is 1. The topological polar surface area (TPSA) is 60.9 Å². The highest BCUT2D eigenvalue weighted by Crippen LogP contribution is 2.27. The van der Waals surface area contributed by atoms with Crippen molar-refractivity contribution in [1.82, 2.24) is 14.1 Å². The van der Waals surface area contributed by atoms with Crippen LogP contribution in [0.5, 0.6) is 0 Å². The Morgan fingerprint density at radius 3 is 2.41 bits per heavy atom. The molecule has 6 nitrogen and oxygen atoms in total. The van der Waals surface area contributed by atoms with Crippen molar-refractivity contribution in [2.45, 2.75) is 32.2 Å². The smallest absolute Gasteiger partial charge is 0.227 e. The quantitative estimate of drug-likeness (QED) is 0.751. The lowest BCUT2D eigenvalue weighted by Gasteiger charge is -2.32. The molecule has 0 aromatic carbocycles. The highest BCUT2D eigenvalue weighted by atomic mass is 32.2. The fourth-order valence-corrected chi connectivity index (χ4v) is 4.64. The first-order valence-corrected chi connectivity index (χ1v) is 9.99. The monoisotopic (exact) mass is 331 g/mol. The maximum Gasteiger partial charge on any atom is 0.227 e. The van der Waals surface area contributed by atoms with Gasteiger partial charge in [0.1, 0.15) is 0 Å². The number of sulfonamides is 1. The van der Waals surface area contributed by atoms with Gasteiger partial charge in [0.05, 0.1) is 12.2 Å². The Hall–Kier alpha value is -0.660. The molecule has 2 aliphatic rings. The van der Waals surface area contributed by atoms with Crippen molar-refractivity contribution < 1.29 is 13.2 Å².